The molecule has 29 heavy (non-hydrogen) atoms. The summed E-state index contributed by atoms with van der Waals surface area (Å²) < 4.78 is 5.20. The highest BCUT2D eigenvalue weighted by Crippen LogP contribution is 2.23. The van der Waals surface area contributed by atoms with Crippen molar-refractivity contribution >= 4 is 46.5 Å². The molecule has 150 valence electrons. The molecule has 6 nitrogen and oxygen atoms in total. The number of unbranched alkanes of at least 4 members (excludes halogenated alkanes) is 1. The Morgan fingerprint density at radius 2 is 1.86 bits per heavy atom. The number of carbonyl (C=O) groups excluding carboxylic acids is 2. The summed E-state index contributed by atoms with van der Waals surface area (Å²) in [5, 5.41) is 15.5. The minimum Gasteiger partial charge on any atom is -0.462 e. The second kappa shape index (κ2) is 11.1. The van der Waals surface area contributed by atoms with Gasteiger partial charge in [0.1, 0.15) is 11.6 Å². The number of benzene rings is 2. The fourth-order valence-corrected chi connectivity index (χ4v) is 2.81. The molecule has 0 aliphatic rings. The van der Waals surface area contributed by atoms with E-state index in [1.54, 1.807) is 42.5 Å². The lowest BCUT2D eigenvalue weighted by Crippen LogP contribution is -2.18. The Labute approximate surface area is 179 Å². The summed E-state index contributed by atoms with van der Waals surface area (Å²) >= 11 is 11.9. The molecule has 0 fully saturated rings. The lowest BCUT2D eigenvalue weighted by molar-refractivity contribution is -0.112. The number of anilines is 2. The van der Waals surface area contributed by atoms with E-state index in [1.807, 2.05) is 13.0 Å². The largest absolute Gasteiger partial charge is 0.462 e. The average molecular weight is 432 g/mol. The number of rotatable bonds is 8. The van der Waals surface area contributed by atoms with Crippen LogP contribution in [-0.4, -0.2) is 18.5 Å². The average Bonchev–Trinajstić information content (AvgIpc) is 2.68. The summed E-state index contributed by atoms with van der Waals surface area (Å²) in [5.74, 6) is -1.22. The number of amides is 1. The molecule has 0 saturated carbocycles. The fourth-order valence-electron chi connectivity index (χ4n) is 2.29. The monoisotopic (exact) mass is 431 g/mol. The summed E-state index contributed by atoms with van der Waals surface area (Å²) in [6, 6.07) is 13.0. The molecule has 0 aliphatic carbocycles. The van der Waals surface area contributed by atoms with Crippen molar-refractivity contribution in [3.8, 4) is 6.07 Å². The molecule has 2 aromatic carbocycles. The Bertz CT molecular complexity index is 948. The number of esters is 1. The summed E-state index contributed by atoms with van der Waals surface area (Å²) in [4.78, 5) is 24.7. The van der Waals surface area contributed by atoms with Crippen molar-refractivity contribution in [3.63, 3.8) is 0 Å². The standard InChI is InChI=1S/C21H19Cl2N3O3/c1-2-3-8-29-21(28)18-6-4-5-7-19(18)26-20(27)14(12-24)13-25-17-10-15(22)9-16(23)11-17/h4-7,9-11,13,25H,2-3,8H2,1H3,(H,26,27)/b14-13-. The lowest BCUT2D eigenvalue weighted by Gasteiger charge is -2.11. The van der Waals surface area contributed by atoms with Crippen molar-refractivity contribution in [3.05, 3.63) is 69.8 Å². The van der Waals surface area contributed by atoms with Crippen LogP contribution in [0.3, 0.4) is 0 Å². The number of nitrogens with zero attached hydrogens (tertiary/aromatic N) is 1. The van der Waals surface area contributed by atoms with Crippen LogP contribution in [0.15, 0.2) is 54.2 Å². The molecule has 0 spiro atoms. The molecule has 2 aromatic rings. The van der Waals surface area contributed by atoms with Crippen LogP contribution in [0.25, 0.3) is 0 Å². The first kappa shape index (κ1) is 22.3. The van der Waals surface area contributed by atoms with Crippen molar-refractivity contribution < 1.29 is 14.3 Å². The molecular weight excluding hydrogens is 413 g/mol. The molecule has 0 aliphatic heterocycles. The van der Waals surface area contributed by atoms with Crippen LogP contribution >= 0.6 is 23.2 Å². The van der Waals surface area contributed by atoms with E-state index in [4.69, 9.17) is 27.9 Å². The Morgan fingerprint density at radius 3 is 2.52 bits per heavy atom. The molecule has 0 saturated heterocycles. The number of carbonyl (C=O) groups is 2. The van der Waals surface area contributed by atoms with E-state index in [2.05, 4.69) is 10.6 Å². The molecule has 0 atom stereocenters. The number of para-hydroxylation sites is 1. The molecule has 0 bridgehead atoms. The summed E-state index contributed by atoms with van der Waals surface area (Å²) in [7, 11) is 0. The third-order valence-corrected chi connectivity index (χ3v) is 4.17. The third kappa shape index (κ3) is 6.83. The molecule has 2 N–H and O–H groups in total. The number of hydrogen-bond acceptors (Lipinski definition) is 5. The quantitative estimate of drug-likeness (QED) is 0.252. The number of nitriles is 1. The zero-order chi connectivity index (χ0) is 21.2. The van der Waals surface area contributed by atoms with Gasteiger partial charge in [-0.3, -0.25) is 4.79 Å². The molecule has 0 unspecified atom stereocenters. The Kier molecular flexibility index (Phi) is 8.53. The first-order valence-corrected chi connectivity index (χ1v) is 9.60. The highest BCUT2D eigenvalue weighted by molar-refractivity contribution is 6.35. The van der Waals surface area contributed by atoms with Gasteiger partial charge in [-0.25, -0.2) is 4.79 Å². The van der Waals surface area contributed by atoms with E-state index < -0.39 is 11.9 Å². The van der Waals surface area contributed by atoms with Crippen LogP contribution in [0.5, 0.6) is 0 Å². The van der Waals surface area contributed by atoms with Gasteiger partial charge in [0.05, 0.1) is 17.9 Å². The maximum Gasteiger partial charge on any atom is 0.340 e. The predicted octanol–water partition coefficient (Wildman–Crippen LogP) is 5.41. The van der Waals surface area contributed by atoms with Crippen molar-refractivity contribution in [1.29, 1.82) is 5.26 Å². The Hall–Kier alpha value is -3.01. The normalized spacial score (nSPS) is 10.8. The number of halogens is 2. The van der Waals surface area contributed by atoms with Gasteiger partial charge >= 0.3 is 5.97 Å². The maximum atomic E-state index is 12.5. The van der Waals surface area contributed by atoms with Gasteiger partial charge in [0.2, 0.25) is 0 Å². The van der Waals surface area contributed by atoms with Crippen LogP contribution in [0, 0.1) is 11.3 Å². The topological polar surface area (TPSA) is 91.2 Å². The molecule has 8 heteroatoms. The van der Waals surface area contributed by atoms with E-state index >= 15 is 0 Å². The fraction of sp³-hybridized carbons (Fsp3) is 0.190. The SMILES string of the molecule is CCCCOC(=O)c1ccccc1NC(=O)/C(C#N)=C\Nc1cc(Cl)cc(Cl)c1. The molecule has 2 rings (SSSR count). The van der Waals surface area contributed by atoms with Crippen LogP contribution in [0.4, 0.5) is 11.4 Å². The zero-order valence-electron chi connectivity index (χ0n) is 15.7. The number of ether oxygens (including phenoxy) is 1. The van der Waals surface area contributed by atoms with Crippen LogP contribution in [0.1, 0.15) is 30.1 Å². The van der Waals surface area contributed by atoms with Gasteiger partial charge in [0.15, 0.2) is 0 Å². The summed E-state index contributed by atoms with van der Waals surface area (Å²) in [6.45, 7) is 2.29. The second-order valence-electron chi connectivity index (χ2n) is 5.96. The van der Waals surface area contributed by atoms with E-state index in [0.717, 1.165) is 12.8 Å². The minimum atomic E-state index is -0.679. The van der Waals surface area contributed by atoms with Gasteiger partial charge in [-0.2, -0.15) is 5.26 Å². The number of hydrogen-bond donors (Lipinski definition) is 2. The Morgan fingerprint density at radius 1 is 1.17 bits per heavy atom. The van der Waals surface area contributed by atoms with Gasteiger partial charge in [-0.05, 0) is 36.8 Å². The predicted molar refractivity (Wildman–Crippen MR) is 114 cm³/mol. The number of nitrogens with one attached hydrogen (secondary N) is 2. The molecule has 0 aromatic heterocycles. The van der Waals surface area contributed by atoms with Crippen LogP contribution in [-0.2, 0) is 9.53 Å². The first-order chi connectivity index (χ1) is 13.9. The van der Waals surface area contributed by atoms with Crippen LogP contribution in [0.2, 0.25) is 10.0 Å². The van der Waals surface area contributed by atoms with Gasteiger partial charge in [0, 0.05) is 21.9 Å². The van der Waals surface area contributed by atoms with E-state index in [9.17, 15) is 14.9 Å². The Balaban J connectivity index is 2.13. The molecular formula is C21H19Cl2N3O3. The van der Waals surface area contributed by atoms with Crippen molar-refractivity contribution in [2.24, 2.45) is 0 Å². The maximum absolute atomic E-state index is 12.5. The van der Waals surface area contributed by atoms with Crippen molar-refractivity contribution in [2.75, 3.05) is 17.2 Å². The summed E-state index contributed by atoms with van der Waals surface area (Å²) in [6.07, 6.45) is 2.88. The lowest BCUT2D eigenvalue weighted by atomic mass is 10.1. The van der Waals surface area contributed by atoms with Gasteiger partial charge in [0.25, 0.3) is 5.91 Å². The molecule has 0 radical (unpaired) electrons. The third-order valence-electron chi connectivity index (χ3n) is 3.74. The van der Waals surface area contributed by atoms with E-state index in [0.29, 0.717) is 22.3 Å². The second-order valence-corrected chi connectivity index (χ2v) is 6.83. The van der Waals surface area contributed by atoms with Crippen LogP contribution < -0.4 is 10.6 Å². The summed E-state index contributed by atoms with van der Waals surface area (Å²) in [5.41, 5.74) is 0.785. The highest BCUT2D eigenvalue weighted by atomic mass is 35.5. The zero-order valence-corrected chi connectivity index (χ0v) is 17.2. The first-order valence-electron chi connectivity index (χ1n) is 8.85. The smallest absolute Gasteiger partial charge is 0.340 e. The molecule has 1 amide bonds. The van der Waals surface area contributed by atoms with Gasteiger partial charge < -0.3 is 15.4 Å². The minimum absolute atomic E-state index is 0.199. The van der Waals surface area contributed by atoms with E-state index in [-0.39, 0.29) is 16.8 Å². The van der Waals surface area contributed by atoms with Gasteiger partial charge in [-0.1, -0.05) is 48.7 Å². The van der Waals surface area contributed by atoms with E-state index in [1.165, 1.54) is 6.20 Å². The van der Waals surface area contributed by atoms with Gasteiger partial charge in [-0.15, -0.1) is 0 Å². The van der Waals surface area contributed by atoms with Crippen molar-refractivity contribution in [2.45, 2.75) is 19.8 Å². The molecule has 0 heterocycles. The highest BCUT2D eigenvalue weighted by Gasteiger charge is 2.16. The van der Waals surface area contributed by atoms with Crippen molar-refractivity contribution in [1.82, 2.24) is 0 Å².